The first-order chi connectivity index (χ1) is 6.68. The van der Waals surface area contributed by atoms with E-state index in [0.29, 0.717) is 12.1 Å². The molecule has 0 aliphatic carbocycles. The fourth-order valence-electron chi connectivity index (χ4n) is 1.64. The Morgan fingerprint density at radius 2 is 2.57 bits per heavy atom. The van der Waals surface area contributed by atoms with Gasteiger partial charge in [0, 0.05) is 18.8 Å². The van der Waals surface area contributed by atoms with Crippen LogP contribution in [0.4, 0.5) is 0 Å². The summed E-state index contributed by atoms with van der Waals surface area (Å²) in [6, 6.07) is 0. The number of hydrogen-bond acceptors (Lipinski definition) is 2. The van der Waals surface area contributed by atoms with Crippen molar-refractivity contribution < 1.29 is 4.79 Å². The smallest absolute Gasteiger partial charge is 0.257 e. The van der Waals surface area contributed by atoms with Gasteiger partial charge in [-0.1, -0.05) is 0 Å². The minimum atomic E-state index is 0.0272. The van der Waals surface area contributed by atoms with Gasteiger partial charge in [0.1, 0.15) is 0 Å². The molecule has 0 bridgehead atoms. The first-order valence-electron chi connectivity index (χ1n) is 4.62. The van der Waals surface area contributed by atoms with Crippen LogP contribution in [-0.4, -0.2) is 39.5 Å². The third-order valence-electron chi connectivity index (χ3n) is 2.48. The number of aromatic nitrogens is 2. The maximum Gasteiger partial charge on any atom is 0.257 e. The minimum Gasteiger partial charge on any atom is -0.337 e. The van der Waals surface area contributed by atoms with E-state index in [-0.39, 0.29) is 11.3 Å². The zero-order valence-corrected chi connectivity index (χ0v) is 8.71. The Hall–Kier alpha value is -1.03. The highest BCUT2D eigenvalue weighted by molar-refractivity contribution is 6.21. The van der Waals surface area contributed by atoms with Gasteiger partial charge in [0.2, 0.25) is 0 Å². The van der Waals surface area contributed by atoms with Gasteiger partial charge < -0.3 is 4.90 Å². The third kappa shape index (κ3) is 1.62. The van der Waals surface area contributed by atoms with E-state index < -0.39 is 0 Å². The molecule has 14 heavy (non-hydrogen) atoms. The molecule has 1 aliphatic heterocycles. The summed E-state index contributed by atoms with van der Waals surface area (Å²) >= 11 is 5.93. The number of amides is 1. The minimum absolute atomic E-state index is 0.0272. The van der Waals surface area contributed by atoms with Crippen LogP contribution in [-0.2, 0) is 0 Å². The lowest BCUT2D eigenvalue weighted by atomic mass is 10.2. The molecule has 1 aromatic rings. The SMILES string of the molecule is Cc1[nH]ncc1C(=O)N1CCC(Cl)C1. The van der Waals surface area contributed by atoms with Crippen molar-refractivity contribution in [2.24, 2.45) is 0 Å². The zero-order valence-electron chi connectivity index (χ0n) is 7.96. The van der Waals surface area contributed by atoms with Crippen molar-refractivity contribution in [3.05, 3.63) is 17.5 Å². The molecule has 0 aromatic carbocycles. The Bertz CT molecular complexity index is 350. The van der Waals surface area contributed by atoms with E-state index in [4.69, 9.17) is 11.6 Å². The fourth-order valence-corrected chi connectivity index (χ4v) is 1.90. The molecule has 1 unspecified atom stereocenters. The van der Waals surface area contributed by atoms with Crippen molar-refractivity contribution in [2.75, 3.05) is 13.1 Å². The Kier molecular flexibility index (Phi) is 2.46. The number of halogens is 1. The normalized spacial score (nSPS) is 21.6. The van der Waals surface area contributed by atoms with Crippen LogP contribution in [0.2, 0.25) is 0 Å². The van der Waals surface area contributed by atoms with Crippen molar-refractivity contribution in [1.29, 1.82) is 0 Å². The van der Waals surface area contributed by atoms with Gasteiger partial charge in [-0.2, -0.15) is 5.10 Å². The van der Waals surface area contributed by atoms with E-state index in [1.54, 1.807) is 11.1 Å². The summed E-state index contributed by atoms with van der Waals surface area (Å²) in [7, 11) is 0. The van der Waals surface area contributed by atoms with E-state index in [2.05, 4.69) is 10.2 Å². The van der Waals surface area contributed by atoms with Gasteiger partial charge in [-0.3, -0.25) is 9.89 Å². The molecule has 2 rings (SSSR count). The molecule has 2 heterocycles. The second-order valence-electron chi connectivity index (χ2n) is 3.55. The summed E-state index contributed by atoms with van der Waals surface area (Å²) in [6.45, 7) is 3.23. The molecule has 0 radical (unpaired) electrons. The highest BCUT2D eigenvalue weighted by Gasteiger charge is 2.26. The number of nitrogens with zero attached hydrogens (tertiary/aromatic N) is 2. The van der Waals surface area contributed by atoms with Crippen LogP contribution < -0.4 is 0 Å². The molecule has 4 nitrogen and oxygen atoms in total. The van der Waals surface area contributed by atoms with E-state index in [1.165, 1.54) is 0 Å². The number of hydrogen-bond donors (Lipinski definition) is 1. The number of aryl methyl sites for hydroxylation is 1. The largest absolute Gasteiger partial charge is 0.337 e. The number of nitrogens with one attached hydrogen (secondary N) is 1. The van der Waals surface area contributed by atoms with Gasteiger partial charge >= 0.3 is 0 Å². The van der Waals surface area contributed by atoms with Gasteiger partial charge in [0.15, 0.2) is 0 Å². The average molecular weight is 214 g/mol. The predicted octanol–water partition coefficient (Wildman–Crippen LogP) is 1.17. The second kappa shape index (κ2) is 3.61. The number of aromatic amines is 1. The van der Waals surface area contributed by atoms with Crippen LogP contribution in [0.25, 0.3) is 0 Å². The Labute approximate surface area is 87.2 Å². The summed E-state index contributed by atoms with van der Waals surface area (Å²) in [5, 5.41) is 6.68. The number of likely N-dealkylation sites (tertiary alicyclic amines) is 1. The quantitative estimate of drug-likeness (QED) is 0.712. The highest BCUT2D eigenvalue weighted by Crippen LogP contribution is 2.17. The second-order valence-corrected chi connectivity index (χ2v) is 4.16. The van der Waals surface area contributed by atoms with Crippen LogP contribution in [0.1, 0.15) is 22.5 Å². The van der Waals surface area contributed by atoms with Crippen LogP contribution in [0.5, 0.6) is 0 Å². The van der Waals surface area contributed by atoms with Gasteiger partial charge in [0.25, 0.3) is 5.91 Å². The summed E-state index contributed by atoms with van der Waals surface area (Å²) in [4.78, 5) is 13.7. The number of H-pyrrole nitrogens is 1. The molecule has 0 saturated carbocycles. The van der Waals surface area contributed by atoms with Crippen molar-refractivity contribution in [3.8, 4) is 0 Å². The standard InChI is InChI=1S/C9H12ClN3O/c1-6-8(4-11-12-6)9(14)13-3-2-7(10)5-13/h4,7H,2-3,5H2,1H3,(H,11,12). The molecule has 1 saturated heterocycles. The Morgan fingerprint density at radius 1 is 1.79 bits per heavy atom. The van der Waals surface area contributed by atoms with Crippen molar-refractivity contribution in [1.82, 2.24) is 15.1 Å². The number of carbonyl (C=O) groups excluding carboxylic acids is 1. The van der Waals surface area contributed by atoms with Crippen molar-refractivity contribution in [2.45, 2.75) is 18.7 Å². The lowest BCUT2D eigenvalue weighted by Crippen LogP contribution is -2.29. The maximum atomic E-state index is 11.9. The number of alkyl halides is 1. The summed E-state index contributed by atoms with van der Waals surface area (Å²) in [6.07, 6.45) is 2.45. The van der Waals surface area contributed by atoms with Gasteiger partial charge in [-0.05, 0) is 13.3 Å². The maximum absolute atomic E-state index is 11.9. The fraction of sp³-hybridized carbons (Fsp3) is 0.556. The molecule has 1 atom stereocenters. The summed E-state index contributed by atoms with van der Waals surface area (Å²) < 4.78 is 0. The molecule has 5 heteroatoms. The topological polar surface area (TPSA) is 49.0 Å². The molecule has 1 aromatic heterocycles. The van der Waals surface area contributed by atoms with Crippen LogP contribution in [0, 0.1) is 6.92 Å². The third-order valence-corrected chi connectivity index (χ3v) is 2.83. The molecular formula is C9H12ClN3O. The first-order valence-corrected chi connectivity index (χ1v) is 5.05. The molecule has 1 N–H and O–H groups in total. The predicted molar refractivity (Wildman–Crippen MR) is 53.5 cm³/mol. The average Bonchev–Trinajstić information content (AvgIpc) is 2.73. The lowest BCUT2D eigenvalue weighted by Gasteiger charge is -2.14. The molecule has 0 spiro atoms. The first kappa shape index (κ1) is 9.52. The van der Waals surface area contributed by atoms with E-state index >= 15 is 0 Å². The summed E-state index contributed by atoms with van der Waals surface area (Å²) in [5.74, 6) is 0.0272. The van der Waals surface area contributed by atoms with Crippen molar-refractivity contribution in [3.63, 3.8) is 0 Å². The molecular weight excluding hydrogens is 202 g/mol. The van der Waals surface area contributed by atoms with Gasteiger partial charge in [-0.15, -0.1) is 11.6 Å². The molecule has 1 amide bonds. The Morgan fingerprint density at radius 3 is 3.07 bits per heavy atom. The van der Waals surface area contributed by atoms with Crippen LogP contribution >= 0.6 is 11.6 Å². The van der Waals surface area contributed by atoms with Crippen molar-refractivity contribution >= 4 is 17.5 Å². The number of carbonyl (C=O) groups is 1. The molecule has 1 aliphatic rings. The van der Waals surface area contributed by atoms with Crippen LogP contribution in [0.15, 0.2) is 6.20 Å². The van der Waals surface area contributed by atoms with E-state index in [0.717, 1.165) is 18.7 Å². The number of rotatable bonds is 1. The van der Waals surface area contributed by atoms with Gasteiger partial charge in [0.05, 0.1) is 17.1 Å². The lowest BCUT2D eigenvalue weighted by molar-refractivity contribution is 0.0792. The van der Waals surface area contributed by atoms with Gasteiger partial charge in [-0.25, -0.2) is 0 Å². The molecule has 1 fully saturated rings. The summed E-state index contributed by atoms with van der Waals surface area (Å²) in [5.41, 5.74) is 1.46. The highest BCUT2D eigenvalue weighted by atomic mass is 35.5. The Balaban J connectivity index is 2.13. The van der Waals surface area contributed by atoms with Crippen LogP contribution in [0.3, 0.4) is 0 Å². The monoisotopic (exact) mass is 213 g/mol. The van der Waals surface area contributed by atoms with E-state index in [9.17, 15) is 4.79 Å². The molecule has 76 valence electrons. The van der Waals surface area contributed by atoms with E-state index in [1.807, 2.05) is 6.92 Å². The zero-order chi connectivity index (χ0) is 10.1.